The maximum absolute atomic E-state index is 13.1. The van der Waals surface area contributed by atoms with E-state index in [0.29, 0.717) is 22.0 Å². The smallest absolute Gasteiger partial charge is 0.337 e. The summed E-state index contributed by atoms with van der Waals surface area (Å²) in [6.07, 6.45) is 0.247. The van der Waals surface area contributed by atoms with Crippen LogP contribution in [0, 0.1) is 12.7 Å². The lowest BCUT2D eigenvalue weighted by Gasteiger charge is -2.08. The van der Waals surface area contributed by atoms with Gasteiger partial charge in [-0.25, -0.2) is 9.18 Å². The van der Waals surface area contributed by atoms with Crippen LogP contribution in [0.2, 0.25) is 5.02 Å². The van der Waals surface area contributed by atoms with E-state index in [1.54, 1.807) is 19.1 Å². The highest BCUT2D eigenvalue weighted by Gasteiger charge is 2.14. The van der Waals surface area contributed by atoms with Crippen molar-refractivity contribution in [3.05, 3.63) is 63.7 Å². The van der Waals surface area contributed by atoms with Gasteiger partial charge in [0.2, 0.25) is 0 Å². The van der Waals surface area contributed by atoms with E-state index in [4.69, 9.17) is 16.7 Å². The molecule has 0 atom stereocenters. The van der Waals surface area contributed by atoms with Crippen LogP contribution in [0.5, 0.6) is 0 Å². The molecule has 1 N–H and O–H groups in total. The number of pyridine rings is 1. The third-order valence-electron chi connectivity index (χ3n) is 2.72. The standard InChI is InChI=1S/C14H11ClFNO2/c1-8-12(15)7-11(14(18)19)13(17-8)6-9-3-2-4-10(16)5-9/h2-5,7H,6H2,1H3,(H,18,19). The van der Waals surface area contributed by atoms with Gasteiger partial charge in [0, 0.05) is 6.42 Å². The zero-order valence-electron chi connectivity index (χ0n) is 10.2. The Labute approximate surface area is 114 Å². The lowest BCUT2D eigenvalue weighted by Crippen LogP contribution is -2.07. The first kappa shape index (κ1) is 13.5. The summed E-state index contributed by atoms with van der Waals surface area (Å²) in [4.78, 5) is 15.4. The minimum Gasteiger partial charge on any atom is -0.478 e. The Morgan fingerprint density at radius 2 is 2.16 bits per heavy atom. The van der Waals surface area contributed by atoms with Gasteiger partial charge in [-0.15, -0.1) is 0 Å². The van der Waals surface area contributed by atoms with Crippen LogP contribution in [-0.2, 0) is 6.42 Å². The number of aryl methyl sites for hydroxylation is 1. The summed E-state index contributed by atoms with van der Waals surface area (Å²) in [7, 11) is 0. The average Bonchev–Trinajstić information content (AvgIpc) is 2.33. The molecule has 0 saturated heterocycles. The molecule has 0 amide bonds. The normalized spacial score (nSPS) is 10.5. The summed E-state index contributed by atoms with van der Waals surface area (Å²) < 4.78 is 13.1. The van der Waals surface area contributed by atoms with Crippen molar-refractivity contribution in [1.29, 1.82) is 0 Å². The van der Waals surface area contributed by atoms with Crippen LogP contribution in [-0.4, -0.2) is 16.1 Å². The Hall–Kier alpha value is -1.94. The van der Waals surface area contributed by atoms with Crippen molar-refractivity contribution in [3.63, 3.8) is 0 Å². The van der Waals surface area contributed by atoms with Gasteiger partial charge in [0.1, 0.15) is 5.82 Å². The number of carbonyl (C=O) groups is 1. The molecule has 5 heteroatoms. The van der Waals surface area contributed by atoms with Crippen molar-refractivity contribution in [2.24, 2.45) is 0 Å². The average molecular weight is 280 g/mol. The molecule has 0 aliphatic rings. The van der Waals surface area contributed by atoms with E-state index in [0.717, 1.165) is 0 Å². The first-order chi connectivity index (χ1) is 8.97. The van der Waals surface area contributed by atoms with Crippen LogP contribution in [0.1, 0.15) is 27.3 Å². The zero-order chi connectivity index (χ0) is 14.0. The second-order valence-electron chi connectivity index (χ2n) is 4.16. The maximum Gasteiger partial charge on any atom is 0.337 e. The maximum atomic E-state index is 13.1. The third kappa shape index (κ3) is 3.09. The van der Waals surface area contributed by atoms with E-state index in [2.05, 4.69) is 4.98 Å². The van der Waals surface area contributed by atoms with Crippen molar-refractivity contribution in [3.8, 4) is 0 Å². The molecule has 19 heavy (non-hydrogen) atoms. The molecular formula is C14H11ClFNO2. The Morgan fingerprint density at radius 3 is 2.79 bits per heavy atom. The molecule has 0 aliphatic carbocycles. The van der Waals surface area contributed by atoms with Gasteiger partial charge in [-0.2, -0.15) is 0 Å². The lowest BCUT2D eigenvalue weighted by atomic mass is 10.0. The first-order valence-corrected chi connectivity index (χ1v) is 5.99. The van der Waals surface area contributed by atoms with Crippen LogP contribution in [0.3, 0.4) is 0 Å². The number of benzene rings is 1. The molecule has 1 aromatic heterocycles. The molecule has 0 bridgehead atoms. The molecule has 0 unspecified atom stereocenters. The second kappa shape index (κ2) is 5.36. The molecule has 0 spiro atoms. The summed E-state index contributed by atoms with van der Waals surface area (Å²) in [6, 6.07) is 7.37. The fourth-order valence-electron chi connectivity index (χ4n) is 1.79. The van der Waals surface area contributed by atoms with E-state index in [-0.39, 0.29) is 17.8 Å². The van der Waals surface area contributed by atoms with Crippen LogP contribution in [0.25, 0.3) is 0 Å². The number of hydrogen-bond donors (Lipinski definition) is 1. The fraction of sp³-hybridized carbons (Fsp3) is 0.143. The second-order valence-corrected chi connectivity index (χ2v) is 4.57. The summed E-state index contributed by atoms with van der Waals surface area (Å²) in [5, 5.41) is 9.45. The molecule has 98 valence electrons. The summed E-state index contributed by atoms with van der Waals surface area (Å²) >= 11 is 5.87. The van der Waals surface area contributed by atoms with Gasteiger partial charge in [-0.05, 0) is 30.7 Å². The minimum absolute atomic E-state index is 0.0415. The van der Waals surface area contributed by atoms with Crippen LogP contribution in [0.15, 0.2) is 30.3 Å². The molecule has 1 heterocycles. The molecule has 0 aliphatic heterocycles. The Kier molecular flexibility index (Phi) is 3.81. The number of rotatable bonds is 3. The van der Waals surface area contributed by atoms with Gasteiger partial charge in [0.25, 0.3) is 0 Å². The highest BCUT2D eigenvalue weighted by Crippen LogP contribution is 2.20. The number of nitrogens with zero attached hydrogens (tertiary/aromatic N) is 1. The third-order valence-corrected chi connectivity index (χ3v) is 3.10. The van der Waals surface area contributed by atoms with Crippen molar-refractivity contribution in [2.75, 3.05) is 0 Å². The van der Waals surface area contributed by atoms with Crippen molar-refractivity contribution < 1.29 is 14.3 Å². The molecule has 2 aromatic rings. The highest BCUT2D eigenvalue weighted by atomic mass is 35.5. The van der Waals surface area contributed by atoms with Gasteiger partial charge in [-0.3, -0.25) is 4.98 Å². The number of carboxylic acids is 1. The van der Waals surface area contributed by atoms with Crippen LogP contribution < -0.4 is 0 Å². The van der Waals surface area contributed by atoms with Gasteiger partial charge in [0.15, 0.2) is 0 Å². The zero-order valence-corrected chi connectivity index (χ0v) is 10.9. The number of hydrogen-bond acceptors (Lipinski definition) is 2. The Balaban J connectivity index is 2.44. The summed E-state index contributed by atoms with van der Waals surface area (Å²) in [6.45, 7) is 1.70. The fourth-order valence-corrected chi connectivity index (χ4v) is 1.94. The van der Waals surface area contributed by atoms with E-state index in [1.807, 2.05) is 0 Å². The van der Waals surface area contributed by atoms with E-state index < -0.39 is 5.97 Å². The number of aromatic carboxylic acids is 1. The first-order valence-electron chi connectivity index (χ1n) is 5.61. The monoisotopic (exact) mass is 279 g/mol. The molecule has 0 saturated carbocycles. The molecule has 0 radical (unpaired) electrons. The van der Waals surface area contributed by atoms with Gasteiger partial charge < -0.3 is 5.11 Å². The molecule has 3 nitrogen and oxygen atoms in total. The van der Waals surface area contributed by atoms with E-state index in [1.165, 1.54) is 18.2 Å². The quantitative estimate of drug-likeness (QED) is 0.936. The Bertz CT molecular complexity index is 643. The summed E-state index contributed by atoms with van der Waals surface area (Å²) in [5.41, 5.74) is 1.63. The minimum atomic E-state index is -1.10. The lowest BCUT2D eigenvalue weighted by molar-refractivity contribution is 0.0695. The predicted molar refractivity (Wildman–Crippen MR) is 70.1 cm³/mol. The molecule has 2 rings (SSSR count). The van der Waals surface area contributed by atoms with Crippen molar-refractivity contribution in [1.82, 2.24) is 4.98 Å². The molecular weight excluding hydrogens is 269 g/mol. The number of halogens is 2. The Morgan fingerprint density at radius 1 is 1.42 bits per heavy atom. The number of aromatic nitrogens is 1. The summed E-state index contributed by atoms with van der Waals surface area (Å²) in [5.74, 6) is -1.46. The predicted octanol–water partition coefficient (Wildman–Crippen LogP) is 3.47. The van der Waals surface area contributed by atoms with Crippen molar-refractivity contribution >= 4 is 17.6 Å². The number of carboxylic acid groups (broad SMARTS) is 1. The van der Waals surface area contributed by atoms with Gasteiger partial charge in [0.05, 0.1) is 22.0 Å². The van der Waals surface area contributed by atoms with Crippen molar-refractivity contribution in [2.45, 2.75) is 13.3 Å². The van der Waals surface area contributed by atoms with Gasteiger partial charge in [-0.1, -0.05) is 23.7 Å². The van der Waals surface area contributed by atoms with Crippen LogP contribution in [0.4, 0.5) is 4.39 Å². The van der Waals surface area contributed by atoms with Gasteiger partial charge >= 0.3 is 5.97 Å². The van der Waals surface area contributed by atoms with E-state index in [9.17, 15) is 9.18 Å². The highest BCUT2D eigenvalue weighted by molar-refractivity contribution is 6.31. The van der Waals surface area contributed by atoms with E-state index >= 15 is 0 Å². The molecule has 0 fully saturated rings. The topological polar surface area (TPSA) is 50.2 Å². The van der Waals surface area contributed by atoms with Crippen LogP contribution >= 0.6 is 11.6 Å². The molecule has 1 aromatic carbocycles. The largest absolute Gasteiger partial charge is 0.478 e. The SMILES string of the molecule is Cc1nc(Cc2cccc(F)c2)c(C(=O)O)cc1Cl.